The van der Waals surface area contributed by atoms with Crippen LogP contribution in [-0.2, 0) is 6.42 Å². The van der Waals surface area contributed by atoms with E-state index < -0.39 is 0 Å². The highest BCUT2D eigenvalue weighted by molar-refractivity contribution is 8.01. The summed E-state index contributed by atoms with van der Waals surface area (Å²) >= 11 is 3.43. The van der Waals surface area contributed by atoms with Crippen molar-refractivity contribution in [1.82, 2.24) is 9.97 Å². The SMILES string of the molecule is CCc1c(NC)ncnc1Sc1cccs1. The van der Waals surface area contributed by atoms with Gasteiger partial charge in [-0.1, -0.05) is 24.8 Å². The average Bonchev–Trinajstić information content (AvgIpc) is 2.81. The maximum atomic E-state index is 4.35. The molecule has 5 heteroatoms. The van der Waals surface area contributed by atoms with Crippen molar-refractivity contribution in [2.75, 3.05) is 12.4 Å². The van der Waals surface area contributed by atoms with Crippen LogP contribution in [0.5, 0.6) is 0 Å². The molecule has 16 heavy (non-hydrogen) atoms. The first-order valence-corrected chi connectivity index (χ1v) is 6.77. The van der Waals surface area contributed by atoms with Gasteiger partial charge in [0.05, 0.1) is 4.21 Å². The summed E-state index contributed by atoms with van der Waals surface area (Å²) in [6.45, 7) is 2.12. The number of anilines is 1. The summed E-state index contributed by atoms with van der Waals surface area (Å²) in [4.78, 5) is 8.58. The number of hydrogen-bond donors (Lipinski definition) is 1. The second kappa shape index (κ2) is 5.32. The van der Waals surface area contributed by atoms with E-state index >= 15 is 0 Å². The van der Waals surface area contributed by atoms with E-state index in [4.69, 9.17) is 0 Å². The lowest BCUT2D eigenvalue weighted by atomic mass is 10.2. The van der Waals surface area contributed by atoms with Crippen LogP contribution in [0.1, 0.15) is 12.5 Å². The van der Waals surface area contributed by atoms with Crippen molar-refractivity contribution in [2.45, 2.75) is 22.6 Å². The van der Waals surface area contributed by atoms with E-state index in [9.17, 15) is 0 Å². The van der Waals surface area contributed by atoms with Crippen LogP contribution in [0.2, 0.25) is 0 Å². The van der Waals surface area contributed by atoms with Gasteiger partial charge in [-0.25, -0.2) is 9.97 Å². The second-order valence-electron chi connectivity index (χ2n) is 3.14. The van der Waals surface area contributed by atoms with Gasteiger partial charge in [0.2, 0.25) is 0 Å². The molecular formula is C11H13N3S2. The highest BCUT2D eigenvalue weighted by Crippen LogP contribution is 2.33. The lowest BCUT2D eigenvalue weighted by Gasteiger charge is -2.09. The van der Waals surface area contributed by atoms with Gasteiger partial charge in [0, 0.05) is 12.6 Å². The van der Waals surface area contributed by atoms with Crippen LogP contribution >= 0.6 is 23.1 Å². The largest absolute Gasteiger partial charge is 0.373 e. The molecule has 2 aromatic heterocycles. The van der Waals surface area contributed by atoms with Crippen molar-refractivity contribution >= 4 is 28.9 Å². The molecule has 0 unspecified atom stereocenters. The Labute approximate surface area is 103 Å². The number of nitrogens with one attached hydrogen (secondary N) is 1. The van der Waals surface area contributed by atoms with E-state index in [0.717, 1.165) is 17.3 Å². The highest BCUT2D eigenvalue weighted by atomic mass is 32.2. The molecule has 0 aliphatic carbocycles. The van der Waals surface area contributed by atoms with Gasteiger partial charge < -0.3 is 5.32 Å². The van der Waals surface area contributed by atoms with Gasteiger partial charge in [0.1, 0.15) is 17.2 Å². The molecule has 2 aromatic rings. The number of rotatable bonds is 4. The first-order chi connectivity index (χ1) is 7.85. The number of hydrogen-bond acceptors (Lipinski definition) is 5. The second-order valence-corrected chi connectivity index (χ2v) is 5.38. The quantitative estimate of drug-likeness (QED) is 0.846. The zero-order chi connectivity index (χ0) is 11.4. The normalized spacial score (nSPS) is 10.4. The van der Waals surface area contributed by atoms with Crippen LogP contribution in [0.15, 0.2) is 33.1 Å². The molecule has 0 radical (unpaired) electrons. The molecule has 0 bridgehead atoms. The molecular weight excluding hydrogens is 238 g/mol. The first-order valence-electron chi connectivity index (χ1n) is 5.08. The summed E-state index contributed by atoms with van der Waals surface area (Å²) < 4.78 is 1.26. The smallest absolute Gasteiger partial charge is 0.133 e. The van der Waals surface area contributed by atoms with Crippen LogP contribution < -0.4 is 5.32 Å². The van der Waals surface area contributed by atoms with Gasteiger partial charge in [-0.3, -0.25) is 0 Å². The van der Waals surface area contributed by atoms with Crippen molar-refractivity contribution in [2.24, 2.45) is 0 Å². The van der Waals surface area contributed by atoms with Gasteiger partial charge in [-0.05, 0) is 17.9 Å². The van der Waals surface area contributed by atoms with E-state index in [1.165, 1.54) is 9.77 Å². The fourth-order valence-corrected chi connectivity index (χ4v) is 3.28. The molecule has 84 valence electrons. The van der Waals surface area contributed by atoms with Gasteiger partial charge in [-0.2, -0.15) is 0 Å². The number of nitrogens with zero attached hydrogens (tertiary/aromatic N) is 2. The maximum Gasteiger partial charge on any atom is 0.133 e. The lowest BCUT2D eigenvalue weighted by Crippen LogP contribution is -2.01. The van der Waals surface area contributed by atoms with Crippen LogP contribution in [0.25, 0.3) is 0 Å². The standard InChI is InChI=1S/C11H13N3S2/c1-3-8-10(12-2)13-7-14-11(8)16-9-5-4-6-15-9/h4-7H,3H2,1-2H3,(H,12,13,14). The van der Waals surface area contributed by atoms with Crippen LogP contribution in [0.4, 0.5) is 5.82 Å². The molecule has 2 heterocycles. The molecule has 0 spiro atoms. The zero-order valence-electron chi connectivity index (χ0n) is 9.23. The number of thiophene rings is 1. The fraction of sp³-hybridized carbons (Fsp3) is 0.273. The van der Waals surface area contributed by atoms with E-state index in [0.29, 0.717) is 0 Å². The third-order valence-electron chi connectivity index (χ3n) is 2.19. The van der Waals surface area contributed by atoms with Gasteiger partial charge >= 0.3 is 0 Å². The summed E-state index contributed by atoms with van der Waals surface area (Å²) in [6, 6.07) is 4.16. The molecule has 0 aliphatic heterocycles. The minimum absolute atomic E-state index is 0.927. The summed E-state index contributed by atoms with van der Waals surface area (Å²) in [5, 5.41) is 6.23. The van der Waals surface area contributed by atoms with Crippen molar-refractivity contribution < 1.29 is 0 Å². The minimum atomic E-state index is 0.927. The van der Waals surface area contributed by atoms with Gasteiger partial charge in [0.15, 0.2) is 0 Å². The van der Waals surface area contributed by atoms with Gasteiger partial charge in [-0.15, -0.1) is 11.3 Å². The van der Waals surface area contributed by atoms with Crippen molar-refractivity contribution in [3.05, 3.63) is 29.4 Å². The third kappa shape index (κ3) is 2.36. The Morgan fingerprint density at radius 2 is 2.31 bits per heavy atom. The van der Waals surface area contributed by atoms with Crippen LogP contribution in [-0.4, -0.2) is 17.0 Å². The molecule has 1 N–H and O–H groups in total. The first kappa shape index (κ1) is 11.4. The summed E-state index contributed by atoms with van der Waals surface area (Å²) in [5.41, 5.74) is 1.18. The summed E-state index contributed by atoms with van der Waals surface area (Å²) in [7, 11) is 1.89. The van der Waals surface area contributed by atoms with Crippen molar-refractivity contribution in [3.8, 4) is 0 Å². The Bertz CT molecular complexity index is 454. The molecule has 0 fully saturated rings. The Morgan fingerprint density at radius 1 is 1.44 bits per heavy atom. The lowest BCUT2D eigenvalue weighted by molar-refractivity contribution is 0.947. The Morgan fingerprint density at radius 3 is 2.94 bits per heavy atom. The van der Waals surface area contributed by atoms with Crippen LogP contribution in [0.3, 0.4) is 0 Å². The molecule has 0 amide bonds. The van der Waals surface area contributed by atoms with E-state index in [1.807, 2.05) is 7.05 Å². The Hall–Kier alpha value is -1.07. The summed E-state index contributed by atoms with van der Waals surface area (Å²) in [5.74, 6) is 0.927. The highest BCUT2D eigenvalue weighted by Gasteiger charge is 2.10. The van der Waals surface area contributed by atoms with E-state index in [-0.39, 0.29) is 0 Å². The predicted octanol–water partition coefficient (Wildman–Crippen LogP) is 3.29. The average molecular weight is 251 g/mol. The molecule has 3 nitrogen and oxygen atoms in total. The minimum Gasteiger partial charge on any atom is -0.373 e. The monoisotopic (exact) mass is 251 g/mol. The zero-order valence-corrected chi connectivity index (χ0v) is 10.9. The van der Waals surface area contributed by atoms with E-state index in [1.54, 1.807) is 29.4 Å². The Kier molecular flexibility index (Phi) is 3.79. The molecule has 0 saturated carbocycles. The van der Waals surface area contributed by atoms with Gasteiger partial charge in [0.25, 0.3) is 0 Å². The maximum absolute atomic E-state index is 4.35. The van der Waals surface area contributed by atoms with E-state index in [2.05, 4.69) is 39.7 Å². The molecule has 0 aliphatic rings. The number of aromatic nitrogens is 2. The van der Waals surface area contributed by atoms with Crippen molar-refractivity contribution in [1.29, 1.82) is 0 Å². The third-order valence-corrected chi connectivity index (χ3v) is 4.27. The molecule has 0 atom stereocenters. The Balaban J connectivity index is 2.33. The predicted molar refractivity (Wildman–Crippen MR) is 69.4 cm³/mol. The van der Waals surface area contributed by atoms with Crippen LogP contribution in [0, 0.1) is 0 Å². The fourth-order valence-electron chi connectivity index (χ4n) is 1.44. The molecule has 0 saturated heterocycles. The summed E-state index contributed by atoms with van der Waals surface area (Å²) in [6.07, 6.45) is 2.55. The van der Waals surface area contributed by atoms with Crippen molar-refractivity contribution in [3.63, 3.8) is 0 Å². The molecule has 2 rings (SSSR count). The topological polar surface area (TPSA) is 37.8 Å². The molecule has 0 aromatic carbocycles.